The highest BCUT2D eigenvalue weighted by Gasteiger charge is 2.12. The lowest BCUT2D eigenvalue weighted by Gasteiger charge is -2.26. The molecule has 1 aliphatic rings. The van der Waals surface area contributed by atoms with Gasteiger partial charge < -0.3 is 14.2 Å². The second-order valence-electron chi connectivity index (χ2n) is 5.09. The number of hydrogen-bond acceptors (Lipinski definition) is 4. The van der Waals surface area contributed by atoms with Crippen molar-refractivity contribution in [2.45, 2.75) is 19.8 Å². The minimum Gasteiger partial charge on any atom is -0.493 e. The van der Waals surface area contributed by atoms with Crippen molar-refractivity contribution in [3.05, 3.63) is 22.2 Å². The van der Waals surface area contributed by atoms with E-state index in [9.17, 15) is 0 Å². The number of benzene rings is 1. The second-order valence-corrected chi connectivity index (χ2v) is 5.94. The molecule has 0 unspecified atom stereocenters. The van der Waals surface area contributed by atoms with Crippen molar-refractivity contribution in [1.29, 1.82) is 0 Å². The zero-order chi connectivity index (χ0) is 15.1. The molecule has 1 fully saturated rings. The third-order valence-electron chi connectivity index (χ3n) is 3.66. The molecule has 1 aliphatic heterocycles. The van der Waals surface area contributed by atoms with Crippen LogP contribution in [0.1, 0.15) is 18.9 Å². The van der Waals surface area contributed by atoms with Gasteiger partial charge in [-0.25, -0.2) is 0 Å². The molecule has 0 aromatic heterocycles. The van der Waals surface area contributed by atoms with E-state index in [-0.39, 0.29) is 0 Å². The summed E-state index contributed by atoms with van der Waals surface area (Å²) in [6.07, 6.45) is 2.17. The van der Waals surface area contributed by atoms with E-state index in [0.717, 1.165) is 61.7 Å². The molecule has 1 aromatic rings. The van der Waals surface area contributed by atoms with E-state index in [2.05, 4.69) is 26.9 Å². The molecule has 0 radical (unpaired) electrons. The van der Waals surface area contributed by atoms with Crippen LogP contribution in [0.2, 0.25) is 0 Å². The second kappa shape index (κ2) is 8.61. The lowest BCUT2D eigenvalue weighted by Crippen LogP contribution is -2.36. The van der Waals surface area contributed by atoms with Gasteiger partial charge in [0.1, 0.15) is 0 Å². The summed E-state index contributed by atoms with van der Waals surface area (Å²) < 4.78 is 17.5. The summed E-state index contributed by atoms with van der Waals surface area (Å²) in [5.74, 6) is 1.60. The van der Waals surface area contributed by atoms with Gasteiger partial charge in [0, 0.05) is 17.6 Å². The molecule has 0 aliphatic carbocycles. The molecule has 0 N–H and O–H groups in total. The van der Waals surface area contributed by atoms with E-state index >= 15 is 0 Å². The van der Waals surface area contributed by atoms with E-state index in [0.29, 0.717) is 6.61 Å². The fourth-order valence-corrected chi connectivity index (χ4v) is 3.04. The van der Waals surface area contributed by atoms with E-state index in [1.165, 1.54) is 5.56 Å². The highest BCUT2D eigenvalue weighted by Crippen LogP contribution is 2.34. The largest absolute Gasteiger partial charge is 0.493 e. The van der Waals surface area contributed by atoms with Gasteiger partial charge >= 0.3 is 0 Å². The first kappa shape index (κ1) is 16.6. The van der Waals surface area contributed by atoms with Gasteiger partial charge in [0.05, 0.1) is 26.9 Å². The maximum atomic E-state index is 5.65. The maximum absolute atomic E-state index is 5.65. The Balaban J connectivity index is 1.93. The number of aryl methyl sites for hydroxylation is 1. The minimum atomic E-state index is 0.644. The number of hydrogen-bond donors (Lipinski definition) is 0. The van der Waals surface area contributed by atoms with Crippen LogP contribution < -0.4 is 9.47 Å². The molecule has 0 spiro atoms. The smallest absolute Gasteiger partial charge is 0.161 e. The van der Waals surface area contributed by atoms with Crippen LogP contribution in [0.3, 0.4) is 0 Å². The number of methoxy groups -OCH3 is 1. The Morgan fingerprint density at radius 2 is 2.00 bits per heavy atom. The first-order valence-corrected chi connectivity index (χ1v) is 8.33. The van der Waals surface area contributed by atoms with Gasteiger partial charge in [-0.15, -0.1) is 0 Å². The van der Waals surface area contributed by atoms with Gasteiger partial charge in [0.2, 0.25) is 0 Å². The van der Waals surface area contributed by atoms with E-state index < -0.39 is 0 Å². The molecule has 0 bridgehead atoms. The molecule has 0 saturated carbocycles. The van der Waals surface area contributed by atoms with Crippen molar-refractivity contribution in [3.63, 3.8) is 0 Å². The van der Waals surface area contributed by atoms with Gasteiger partial charge in [-0.3, -0.25) is 4.90 Å². The van der Waals surface area contributed by atoms with Gasteiger partial charge in [-0.05, 0) is 44.0 Å². The van der Waals surface area contributed by atoms with Gasteiger partial charge in [-0.1, -0.05) is 15.9 Å². The minimum absolute atomic E-state index is 0.644. The predicted molar refractivity (Wildman–Crippen MR) is 87.4 cm³/mol. The summed E-state index contributed by atoms with van der Waals surface area (Å²) in [5.41, 5.74) is 1.27. The van der Waals surface area contributed by atoms with Crippen LogP contribution in [-0.2, 0) is 11.2 Å². The molecular formula is C16H24BrNO3. The molecule has 4 nitrogen and oxygen atoms in total. The SMILES string of the molecule is CCOc1cc(CCCN2CCOCC2)c(Br)cc1OC. The first-order valence-electron chi connectivity index (χ1n) is 7.54. The van der Waals surface area contributed by atoms with Crippen molar-refractivity contribution in [1.82, 2.24) is 4.90 Å². The summed E-state index contributed by atoms with van der Waals surface area (Å²) in [5, 5.41) is 0. The number of ether oxygens (including phenoxy) is 3. The first-order chi connectivity index (χ1) is 10.2. The molecule has 1 saturated heterocycles. The normalized spacial score (nSPS) is 16.0. The van der Waals surface area contributed by atoms with Crippen molar-refractivity contribution in [2.75, 3.05) is 46.6 Å². The fourth-order valence-electron chi connectivity index (χ4n) is 2.51. The lowest BCUT2D eigenvalue weighted by atomic mass is 10.1. The lowest BCUT2D eigenvalue weighted by molar-refractivity contribution is 0.0374. The monoisotopic (exact) mass is 357 g/mol. The van der Waals surface area contributed by atoms with Gasteiger partial charge in [0.15, 0.2) is 11.5 Å². The average molecular weight is 358 g/mol. The molecule has 1 heterocycles. The van der Waals surface area contributed by atoms with Crippen LogP contribution >= 0.6 is 15.9 Å². The predicted octanol–water partition coefficient (Wildman–Crippen LogP) is 3.12. The van der Waals surface area contributed by atoms with Gasteiger partial charge in [0.25, 0.3) is 0 Å². The Morgan fingerprint density at radius 1 is 1.24 bits per heavy atom. The Bertz CT molecular complexity index is 447. The molecule has 1 aromatic carbocycles. The zero-order valence-electron chi connectivity index (χ0n) is 12.9. The van der Waals surface area contributed by atoms with Gasteiger partial charge in [-0.2, -0.15) is 0 Å². The Hall–Kier alpha value is -0.780. The van der Waals surface area contributed by atoms with Crippen LogP contribution in [0.5, 0.6) is 11.5 Å². The molecular weight excluding hydrogens is 334 g/mol. The van der Waals surface area contributed by atoms with Crippen LogP contribution in [0.15, 0.2) is 16.6 Å². The standard InChI is InChI=1S/C16H24BrNO3/c1-3-21-16-11-13(14(17)12-15(16)19-2)5-4-6-18-7-9-20-10-8-18/h11-12H,3-10H2,1-2H3. The maximum Gasteiger partial charge on any atom is 0.161 e. The Labute approximate surface area is 135 Å². The van der Waals surface area contributed by atoms with E-state index in [1.807, 2.05) is 13.0 Å². The number of halogens is 1. The quantitative estimate of drug-likeness (QED) is 0.750. The summed E-state index contributed by atoms with van der Waals surface area (Å²) >= 11 is 3.63. The van der Waals surface area contributed by atoms with Crippen LogP contribution in [0, 0.1) is 0 Å². The summed E-state index contributed by atoms with van der Waals surface area (Å²) in [7, 11) is 1.67. The highest BCUT2D eigenvalue weighted by molar-refractivity contribution is 9.10. The van der Waals surface area contributed by atoms with Crippen molar-refractivity contribution < 1.29 is 14.2 Å². The van der Waals surface area contributed by atoms with Crippen molar-refractivity contribution in [2.24, 2.45) is 0 Å². The van der Waals surface area contributed by atoms with Crippen molar-refractivity contribution in [3.8, 4) is 11.5 Å². The third kappa shape index (κ3) is 4.87. The fraction of sp³-hybridized carbons (Fsp3) is 0.625. The third-order valence-corrected chi connectivity index (χ3v) is 4.39. The molecule has 2 rings (SSSR count). The highest BCUT2D eigenvalue weighted by atomic mass is 79.9. The molecule has 0 atom stereocenters. The summed E-state index contributed by atoms with van der Waals surface area (Å²) in [4.78, 5) is 2.46. The van der Waals surface area contributed by atoms with E-state index in [1.54, 1.807) is 7.11 Å². The average Bonchev–Trinajstić information content (AvgIpc) is 2.51. The molecule has 5 heteroatoms. The van der Waals surface area contributed by atoms with Crippen LogP contribution in [-0.4, -0.2) is 51.5 Å². The molecule has 21 heavy (non-hydrogen) atoms. The summed E-state index contributed by atoms with van der Waals surface area (Å²) in [6.45, 7) is 7.57. The summed E-state index contributed by atoms with van der Waals surface area (Å²) in [6, 6.07) is 4.08. The molecule has 118 valence electrons. The Morgan fingerprint density at radius 3 is 2.67 bits per heavy atom. The number of nitrogens with zero attached hydrogens (tertiary/aromatic N) is 1. The van der Waals surface area contributed by atoms with E-state index in [4.69, 9.17) is 14.2 Å². The Kier molecular flexibility index (Phi) is 6.80. The topological polar surface area (TPSA) is 30.9 Å². The van der Waals surface area contributed by atoms with Crippen LogP contribution in [0.25, 0.3) is 0 Å². The number of morpholine rings is 1. The van der Waals surface area contributed by atoms with Crippen LogP contribution in [0.4, 0.5) is 0 Å². The molecule has 0 amide bonds. The van der Waals surface area contributed by atoms with Crippen molar-refractivity contribution >= 4 is 15.9 Å². The zero-order valence-corrected chi connectivity index (χ0v) is 14.4. The number of rotatable bonds is 7.